The number of hydrogen-bond donors (Lipinski definition) is 1. The van der Waals surface area contributed by atoms with E-state index in [-0.39, 0.29) is 6.10 Å². The molecule has 3 nitrogen and oxygen atoms in total. The topological polar surface area (TPSA) is 32.7 Å². The summed E-state index contributed by atoms with van der Waals surface area (Å²) in [5, 5.41) is 9.21. The maximum absolute atomic E-state index is 9.21. The first kappa shape index (κ1) is 15.0. The number of benzene rings is 1. The third-order valence-corrected chi connectivity index (χ3v) is 3.00. The fraction of sp³-hybridized carbons (Fsp3) is 0.600. The molecule has 1 aromatic carbocycles. The lowest BCUT2D eigenvalue weighted by Crippen LogP contribution is -2.27. The molecule has 1 atom stereocenters. The van der Waals surface area contributed by atoms with Gasteiger partial charge < -0.3 is 14.7 Å². The number of aliphatic hydroxyl groups is 1. The van der Waals surface area contributed by atoms with Gasteiger partial charge in [0.1, 0.15) is 12.4 Å². The van der Waals surface area contributed by atoms with Crippen LogP contribution in [-0.4, -0.2) is 42.9 Å². The summed E-state index contributed by atoms with van der Waals surface area (Å²) in [6, 6.07) is 6.25. The van der Waals surface area contributed by atoms with E-state index in [4.69, 9.17) is 4.74 Å². The Morgan fingerprint density at radius 3 is 2.67 bits per heavy atom. The zero-order valence-corrected chi connectivity index (χ0v) is 11.9. The Hall–Kier alpha value is -1.06. The molecule has 1 N–H and O–H groups in total. The number of aliphatic hydroxyl groups excluding tert-OH is 1. The van der Waals surface area contributed by atoms with Gasteiger partial charge in [0.15, 0.2) is 0 Å². The number of aryl methyl sites for hydroxylation is 2. The van der Waals surface area contributed by atoms with Crippen molar-refractivity contribution in [2.24, 2.45) is 0 Å². The van der Waals surface area contributed by atoms with Gasteiger partial charge in [0.05, 0.1) is 6.10 Å². The van der Waals surface area contributed by atoms with Gasteiger partial charge in [-0.15, -0.1) is 0 Å². The first-order valence-corrected chi connectivity index (χ1v) is 6.55. The van der Waals surface area contributed by atoms with Crippen LogP contribution in [0.4, 0.5) is 0 Å². The number of ether oxygens (including phenoxy) is 1. The molecule has 0 fully saturated rings. The molecule has 1 rings (SSSR count). The van der Waals surface area contributed by atoms with E-state index in [2.05, 4.69) is 44.0 Å². The number of likely N-dealkylation sites (N-methyl/N-ethyl adjacent to an activating group) is 1. The Balaban J connectivity index is 2.30. The van der Waals surface area contributed by atoms with Crippen LogP contribution >= 0.6 is 0 Å². The van der Waals surface area contributed by atoms with Gasteiger partial charge in [-0.1, -0.05) is 12.1 Å². The van der Waals surface area contributed by atoms with Crippen molar-refractivity contribution in [3.8, 4) is 5.75 Å². The van der Waals surface area contributed by atoms with Gasteiger partial charge in [-0.25, -0.2) is 0 Å². The number of hydrogen-bond acceptors (Lipinski definition) is 3. The Bertz CT molecular complexity index is 364. The molecule has 0 aliphatic carbocycles. The van der Waals surface area contributed by atoms with Crippen molar-refractivity contribution in [2.45, 2.75) is 33.3 Å². The highest BCUT2D eigenvalue weighted by molar-refractivity contribution is 5.35. The van der Waals surface area contributed by atoms with E-state index in [1.54, 1.807) is 0 Å². The lowest BCUT2D eigenvalue weighted by Gasteiger charge is -2.18. The molecule has 0 aromatic heterocycles. The summed E-state index contributed by atoms with van der Waals surface area (Å²) in [6.45, 7) is 8.40. The van der Waals surface area contributed by atoms with Crippen LogP contribution in [0.15, 0.2) is 18.2 Å². The maximum atomic E-state index is 9.21. The Morgan fingerprint density at radius 1 is 1.28 bits per heavy atom. The van der Waals surface area contributed by atoms with Crippen LogP contribution in [0.2, 0.25) is 0 Å². The molecule has 0 heterocycles. The van der Waals surface area contributed by atoms with Crippen LogP contribution in [-0.2, 0) is 0 Å². The smallest absolute Gasteiger partial charge is 0.122 e. The van der Waals surface area contributed by atoms with E-state index in [0.717, 1.165) is 25.3 Å². The average Bonchev–Trinajstić information content (AvgIpc) is 2.31. The summed E-state index contributed by atoms with van der Waals surface area (Å²) in [6.07, 6.45) is 0.576. The number of rotatable bonds is 7. The summed E-state index contributed by atoms with van der Waals surface area (Å²) in [7, 11) is 2.05. The Labute approximate surface area is 110 Å². The zero-order valence-electron chi connectivity index (χ0n) is 11.9. The van der Waals surface area contributed by atoms with Crippen molar-refractivity contribution in [1.82, 2.24) is 4.90 Å². The van der Waals surface area contributed by atoms with E-state index in [0.29, 0.717) is 6.61 Å². The Kier molecular flexibility index (Phi) is 6.16. The molecule has 3 heteroatoms. The second-order valence-corrected chi connectivity index (χ2v) is 5.06. The van der Waals surface area contributed by atoms with E-state index in [1.165, 1.54) is 11.1 Å². The van der Waals surface area contributed by atoms with Crippen LogP contribution in [0.25, 0.3) is 0 Å². The molecule has 0 saturated heterocycles. The summed E-state index contributed by atoms with van der Waals surface area (Å²) < 4.78 is 5.79. The Morgan fingerprint density at radius 2 is 2.00 bits per heavy atom. The van der Waals surface area contributed by atoms with Gasteiger partial charge >= 0.3 is 0 Å². The van der Waals surface area contributed by atoms with Crippen molar-refractivity contribution in [2.75, 3.05) is 26.7 Å². The van der Waals surface area contributed by atoms with E-state index >= 15 is 0 Å². The summed E-state index contributed by atoms with van der Waals surface area (Å²) >= 11 is 0. The first-order chi connectivity index (χ1) is 8.49. The van der Waals surface area contributed by atoms with Crippen LogP contribution in [0.5, 0.6) is 5.75 Å². The molecule has 0 aliphatic rings. The normalized spacial score (nSPS) is 12.8. The minimum Gasteiger partial charge on any atom is -0.492 e. The van der Waals surface area contributed by atoms with Gasteiger partial charge in [-0.05, 0) is 51.4 Å². The third kappa shape index (κ3) is 5.52. The first-order valence-electron chi connectivity index (χ1n) is 6.55. The van der Waals surface area contributed by atoms with Crippen molar-refractivity contribution >= 4 is 0 Å². The van der Waals surface area contributed by atoms with Gasteiger partial charge in [0, 0.05) is 13.1 Å². The predicted octanol–water partition coefficient (Wildman–Crippen LogP) is 2.38. The molecule has 18 heavy (non-hydrogen) atoms. The highest BCUT2D eigenvalue weighted by Crippen LogP contribution is 2.18. The molecule has 0 radical (unpaired) electrons. The van der Waals surface area contributed by atoms with E-state index < -0.39 is 0 Å². The minimum absolute atomic E-state index is 0.229. The van der Waals surface area contributed by atoms with E-state index in [1.807, 2.05) is 6.92 Å². The number of nitrogens with zero attached hydrogens (tertiary/aromatic N) is 1. The third-order valence-electron chi connectivity index (χ3n) is 3.00. The zero-order chi connectivity index (χ0) is 13.5. The minimum atomic E-state index is -0.229. The summed E-state index contributed by atoms with van der Waals surface area (Å²) in [5.41, 5.74) is 2.39. The maximum Gasteiger partial charge on any atom is 0.122 e. The molecule has 102 valence electrons. The lowest BCUT2D eigenvalue weighted by atomic mass is 10.1. The second kappa shape index (κ2) is 7.39. The van der Waals surface area contributed by atoms with Crippen LogP contribution in [0.1, 0.15) is 24.5 Å². The molecular formula is C15H25NO2. The largest absolute Gasteiger partial charge is 0.492 e. The summed E-state index contributed by atoms with van der Waals surface area (Å²) in [4.78, 5) is 2.18. The van der Waals surface area contributed by atoms with Gasteiger partial charge in [-0.3, -0.25) is 0 Å². The molecule has 1 unspecified atom stereocenters. The predicted molar refractivity (Wildman–Crippen MR) is 75.2 cm³/mol. The quantitative estimate of drug-likeness (QED) is 0.807. The molecule has 0 amide bonds. The van der Waals surface area contributed by atoms with Gasteiger partial charge in [0.2, 0.25) is 0 Å². The summed E-state index contributed by atoms with van der Waals surface area (Å²) in [5.74, 6) is 0.971. The molecule has 0 aliphatic heterocycles. The fourth-order valence-corrected chi connectivity index (χ4v) is 1.69. The molecule has 0 bridgehead atoms. The SMILES string of the molecule is Cc1ccc(C)c(OCCN(C)CCC(C)O)c1. The van der Waals surface area contributed by atoms with Crippen molar-refractivity contribution in [3.05, 3.63) is 29.3 Å². The standard InChI is InChI=1S/C15H25NO2/c1-12-5-6-13(2)15(11-12)18-10-9-16(4)8-7-14(3)17/h5-6,11,14,17H,7-10H2,1-4H3. The van der Waals surface area contributed by atoms with Crippen molar-refractivity contribution < 1.29 is 9.84 Å². The molecule has 0 saturated carbocycles. The molecule has 0 spiro atoms. The van der Waals surface area contributed by atoms with E-state index in [9.17, 15) is 5.11 Å². The van der Waals surface area contributed by atoms with Crippen LogP contribution in [0, 0.1) is 13.8 Å². The monoisotopic (exact) mass is 251 g/mol. The lowest BCUT2D eigenvalue weighted by molar-refractivity contribution is 0.157. The molecule has 1 aromatic rings. The fourth-order valence-electron chi connectivity index (χ4n) is 1.69. The average molecular weight is 251 g/mol. The highest BCUT2D eigenvalue weighted by atomic mass is 16.5. The van der Waals surface area contributed by atoms with Crippen molar-refractivity contribution in [3.63, 3.8) is 0 Å². The van der Waals surface area contributed by atoms with Crippen LogP contribution < -0.4 is 4.74 Å². The van der Waals surface area contributed by atoms with Crippen molar-refractivity contribution in [1.29, 1.82) is 0 Å². The second-order valence-electron chi connectivity index (χ2n) is 5.06. The van der Waals surface area contributed by atoms with Gasteiger partial charge in [0.25, 0.3) is 0 Å². The highest BCUT2D eigenvalue weighted by Gasteiger charge is 2.03. The van der Waals surface area contributed by atoms with Gasteiger partial charge in [-0.2, -0.15) is 0 Å². The molecular weight excluding hydrogens is 226 g/mol. The van der Waals surface area contributed by atoms with Crippen LogP contribution in [0.3, 0.4) is 0 Å².